The van der Waals surface area contributed by atoms with Crippen LogP contribution in [0.25, 0.3) is 0 Å². The Kier molecular flexibility index (Phi) is 5.78. The summed E-state index contributed by atoms with van der Waals surface area (Å²) in [5.74, 6) is 1.89. The van der Waals surface area contributed by atoms with Crippen LogP contribution >= 0.6 is 0 Å². The molecular formula is C24H35N3O3. The Bertz CT molecular complexity index is 847. The number of carbonyl (C=O) groups excluding carboxylic acids is 2. The Morgan fingerprint density at radius 3 is 2.10 bits per heavy atom. The number of hydrogen-bond acceptors (Lipinski definition) is 3. The van der Waals surface area contributed by atoms with E-state index in [0.717, 1.165) is 32.1 Å². The van der Waals surface area contributed by atoms with E-state index in [0.29, 0.717) is 36.4 Å². The summed E-state index contributed by atoms with van der Waals surface area (Å²) in [6.07, 6.45) is 10.00. The molecule has 1 N–H and O–H groups in total. The summed E-state index contributed by atoms with van der Waals surface area (Å²) in [4.78, 5) is 41.0. The van der Waals surface area contributed by atoms with Crippen LogP contribution in [0.3, 0.4) is 0 Å². The van der Waals surface area contributed by atoms with Crippen molar-refractivity contribution < 1.29 is 9.59 Å². The fourth-order valence-corrected chi connectivity index (χ4v) is 6.60. The smallest absolute Gasteiger partial charge is 0.274 e. The van der Waals surface area contributed by atoms with Crippen molar-refractivity contribution in [2.45, 2.75) is 65.2 Å². The fourth-order valence-electron chi connectivity index (χ4n) is 6.60. The molecule has 1 aromatic heterocycles. The highest BCUT2D eigenvalue weighted by atomic mass is 16.2. The highest BCUT2D eigenvalue weighted by Gasteiger charge is 2.54. The van der Waals surface area contributed by atoms with Crippen LogP contribution < -0.4 is 10.9 Å². The number of pyridine rings is 1. The van der Waals surface area contributed by atoms with Gasteiger partial charge in [-0.2, -0.15) is 0 Å². The van der Waals surface area contributed by atoms with Crippen molar-refractivity contribution in [1.82, 2.24) is 9.47 Å². The predicted octanol–water partition coefficient (Wildman–Crippen LogP) is 3.80. The molecule has 6 nitrogen and oxygen atoms in total. The number of aryl methyl sites for hydroxylation is 1. The van der Waals surface area contributed by atoms with E-state index >= 15 is 0 Å². The van der Waals surface area contributed by atoms with Crippen LogP contribution in [0.15, 0.2) is 17.1 Å². The molecule has 0 aliphatic heterocycles. The van der Waals surface area contributed by atoms with Gasteiger partial charge in [0.05, 0.1) is 11.0 Å². The van der Waals surface area contributed by atoms with Gasteiger partial charge in [-0.05, 0) is 75.2 Å². The molecule has 0 saturated heterocycles. The van der Waals surface area contributed by atoms with Crippen molar-refractivity contribution in [2.24, 2.45) is 30.2 Å². The van der Waals surface area contributed by atoms with Crippen LogP contribution in [-0.2, 0) is 11.8 Å². The topological polar surface area (TPSA) is 71.4 Å². The second-order valence-corrected chi connectivity index (χ2v) is 10.0. The number of aromatic nitrogens is 1. The van der Waals surface area contributed by atoms with Gasteiger partial charge in [-0.3, -0.25) is 14.4 Å². The summed E-state index contributed by atoms with van der Waals surface area (Å²) in [5.41, 5.74) is 0.106. The molecule has 6 heteroatoms. The largest absolute Gasteiger partial charge is 0.339 e. The van der Waals surface area contributed by atoms with E-state index in [-0.39, 0.29) is 28.5 Å². The number of amides is 2. The second kappa shape index (κ2) is 8.20. The lowest BCUT2D eigenvalue weighted by Crippen LogP contribution is -2.52. The molecule has 0 aromatic carbocycles. The fraction of sp³-hybridized carbons (Fsp3) is 0.708. The minimum atomic E-state index is -0.323. The first-order valence-corrected chi connectivity index (χ1v) is 11.7. The number of carbonyl (C=O) groups is 2. The summed E-state index contributed by atoms with van der Waals surface area (Å²) >= 11 is 0. The maximum absolute atomic E-state index is 13.4. The normalized spacial score (nSPS) is 29.1. The highest BCUT2D eigenvalue weighted by molar-refractivity contribution is 5.98. The summed E-state index contributed by atoms with van der Waals surface area (Å²) in [5, 5.41) is 2.96. The van der Waals surface area contributed by atoms with E-state index < -0.39 is 0 Å². The average Bonchev–Trinajstić information content (AvgIpc) is 2.69. The molecule has 4 saturated carbocycles. The van der Waals surface area contributed by atoms with Gasteiger partial charge in [-0.1, -0.05) is 13.8 Å². The lowest BCUT2D eigenvalue weighted by Gasteiger charge is -2.55. The number of hydrogen-bond donors (Lipinski definition) is 1. The molecule has 1 aromatic rings. The lowest BCUT2D eigenvalue weighted by molar-refractivity contribution is -0.140. The summed E-state index contributed by atoms with van der Waals surface area (Å²) in [7, 11) is 1.64. The van der Waals surface area contributed by atoms with Crippen LogP contribution in [0, 0.1) is 23.2 Å². The first-order chi connectivity index (χ1) is 14.3. The molecule has 164 valence electrons. The van der Waals surface area contributed by atoms with E-state index in [1.54, 1.807) is 19.3 Å². The molecule has 4 bridgehead atoms. The Morgan fingerprint density at radius 2 is 1.60 bits per heavy atom. The molecule has 2 amide bonds. The van der Waals surface area contributed by atoms with Crippen molar-refractivity contribution in [3.8, 4) is 0 Å². The van der Waals surface area contributed by atoms with Gasteiger partial charge in [0, 0.05) is 26.3 Å². The van der Waals surface area contributed by atoms with E-state index in [2.05, 4.69) is 5.32 Å². The second-order valence-electron chi connectivity index (χ2n) is 10.0. The molecule has 1 heterocycles. The van der Waals surface area contributed by atoms with Gasteiger partial charge >= 0.3 is 0 Å². The number of nitrogens with zero attached hydrogens (tertiary/aromatic N) is 2. The summed E-state index contributed by atoms with van der Waals surface area (Å²) < 4.78 is 1.42. The predicted molar refractivity (Wildman–Crippen MR) is 117 cm³/mol. The molecule has 4 aliphatic rings. The van der Waals surface area contributed by atoms with E-state index in [1.807, 2.05) is 18.7 Å². The molecular weight excluding hydrogens is 378 g/mol. The van der Waals surface area contributed by atoms with Crippen molar-refractivity contribution in [3.05, 3.63) is 28.2 Å². The zero-order valence-electron chi connectivity index (χ0n) is 18.6. The van der Waals surface area contributed by atoms with Gasteiger partial charge in [-0.15, -0.1) is 0 Å². The maximum Gasteiger partial charge on any atom is 0.274 e. The standard InChI is InChI=1S/C24H35N3O3/c1-4-6-27(7-5-2)21(28)19-11-20(22(29)26(3)15-19)25-23(30)24-12-16-8-17(13-24)10-18(9-16)14-24/h11,15-18H,4-10,12-14H2,1-3H3,(H,25,30). The molecule has 30 heavy (non-hydrogen) atoms. The van der Waals surface area contributed by atoms with Gasteiger partial charge < -0.3 is 14.8 Å². The van der Waals surface area contributed by atoms with Crippen molar-refractivity contribution in [3.63, 3.8) is 0 Å². The Morgan fingerprint density at radius 1 is 1.07 bits per heavy atom. The first-order valence-electron chi connectivity index (χ1n) is 11.7. The molecule has 0 spiro atoms. The number of rotatable bonds is 7. The Hall–Kier alpha value is -2.11. The molecule has 0 radical (unpaired) electrons. The third kappa shape index (κ3) is 3.81. The maximum atomic E-state index is 13.4. The van der Waals surface area contributed by atoms with E-state index in [1.165, 1.54) is 23.8 Å². The summed E-state index contributed by atoms with van der Waals surface area (Å²) in [6.45, 7) is 5.47. The zero-order chi connectivity index (χ0) is 21.5. The molecule has 4 aliphatic carbocycles. The van der Waals surface area contributed by atoms with Crippen LogP contribution in [0.5, 0.6) is 0 Å². The SMILES string of the molecule is CCCN(CCC)C(=O)c1cc(NC(=O)C23CC4CC(CC(C4)C2)C3)c(=O)n(C)c1. The van der Waals surface area contributed by atoms with Crippen LogP contribution in [0.2, 0.25) is 0 Å². The van der Waals surface area contributed by atoms with Crippen LogP contribution in [0.4, 0.5) is 5.69 Å². The van der Waals surface area contributed by atoms with Gasteiger partial charge in [-0.25, -0.2) is 0 Å². The van der Waals surface area contributed by atoms with Crippen molar-refractivity contribution in [1.29, 1.82) is 0 Å². The minimum Gasteiger partial charge on any atom is -0.339 e. The third-order valence-electron chi connectivity index (χ3n) is 7.47. The zero-order valence-corrected chi connectivity index (χ0v) is 18.6. The van der Waals surface area contributed by atoms with Crippen LogP contribution in [0.1, 0.15) is 75.6 Å². The monoisotopic (exact) mass is 413 g/mol. The van der Waals surface area contributed by atoms with Crippen molar-refractivity contribution in [2.75, 3.05) is 18.4 Å². The lowest BCUT2D eigenvalue weighted by atomic mass is 9.49. The van der Waals surface area contributed by atoms with Gasteiger partial charge in [0.15, 0.2) is 0 Å². The third-order valence-corrected chi connectivity index (χ3v) is 7.47. The van der Waals surface area contributed by atoms with Gasteiger partial charge in [0.1, 0.15) is 5.69 Å². The van der Waals surface area contributed by atoms with E-state index in [9.17, 15) is 14.4 Å². The molecule has 4 fully saturated rings. The number of anilines is 1. The minimum absolute atomic E-state index is 0.0118. The quantitative estimate of drug-likeness (QED) is 0.739. The van der Waals surface area contributed by atoms with E-state index in [4.69, 9.17) is 0 Å². The molecule has 0 unspecified atom stereocenters. The average molecular weight is 414 g/mol. The first kappa shape index (κ1) is 21.1. The van der Waals surface area contributed by atoms with Crippen LogP contribution in [-0.4, -0.2) is 34.4 Å². The van der Waals surface area contributed by atoms with Crippen molar-refractivity contribution >= 4 is 17.5 Å². The van der Waals surface area contributed by atoms with Gasteiger partial charge in [0.25, 0.3) is 11.5 Å². The highest BCUT2D eigenvalue weighted by Crippen LogP contribution is 2.60. The Labute approximate surface area is 179 Å². The molecule has 0 atom stereocenters. The van der Waals surface area contributed by atoms with Gasteiger partial charge in [0.2, 0.25) is 5.91 Å². The Balaban J connectivity index is 1.58. The summed E-state index contributed by atoms with van der Waals surface area (Å²) in [6, 6.07) is 1.58. The number of nitrogens with one attached hydrogen (secondary N) is 1. The molecule has 5 rings (SSSR count).